The molecule has 0 radical (unpaired) electrons. The molecule has 10 heteroatoms. The summed E-state index contributed by atoms with van der Waals surface area (Å²) in [4.78, 5) is 55.2. The fourth-order valence-corrected chi connectivity index (χ4v) is 5.62. The number of esters is 1. The highest BCUT2D eigenvalue weighted by Gasteiger charge is 2.74. The van der Waals surface area contributed by atoms with Crippen molar-refractivity contribution in [1.82, 2.24) is 10.0 Å². The van der Waals surface area contributed by atoms with Gasteiger partial charge < -0.3 is 9.47 Å². The lowest BCUT2D eigenvalue weighted by Crippen LogP contribution is -2.57. The van der Waals surface area contributed by atoms with Gasteiger partial charge in [-0.3, -0.25) is 14.6 Å². The number of ether oxygens (including phenoxy) is 2. The standard InChI is InChI=1S/C26H26FN3O6/c1-25(2,3)36-24(34)29-18-8-6-5-7-17(18)26(23(29)33)20(15-9-11-16(27)12-10-15)28-14-13-19(31)30(28)21(26)22(32)35-4/h5-12,20-21H,13-14H2,1-4H3/t20-,21+,26?/m0/s1. The molecule has 3 aliphatic heterocycles. The first-order valence-electron chi connectivity index (χ1n) is 11.6. The van der Waals surface area contributed by atoms with Crippen LogP contribution in [0.2, 0.25) is 0 Å². The van der Waals surface area contributed by atoms with Crippen LogP contribution in [0.15, 0.2) is 48.5 Å². The van der Waals surface area contributed by atoms with E-state index in [0.29, 0.717) is 11.1 Å². The summed E-state index contributed by atoms with van der Waals surface area (Å²) in [6, 6.07) is 9.92. The van der Waals surface area contributed by atoms with Crippen LogP contribution in [-0.4, -0.2) is 59.2 Å². The Hall–Kier alpha value is -3.79. The molecule has 0 aliphatic carbocycles. The summed E-state index contributed by atoms with van der Waals surface area (Å²) >= 11 is 0. The Morgan fingerprint density at radius 2 is 1.72 bits per heavy atom. The van der Waals surface area contributed by atoms with Gasteiger partial charge in [0.1, 0.15) is 16.8 Å². The Labute approximate surface area is 207 Å². The number of benzene rings is 2. The van der Waals surface area contributed by atoms with Crippen LogP contribution < -0.4 is 4.90 Å². The molecule has 5 rings (SSSR count). The van der Waals surface area contributed by atoms with Gasteiger partial charge in [0.15, 0.2) is 6.04 Å². The molecule has 0 bridgehead atoms. The van der Waals surface area contributed by atoms with Crippen molar-refractivity contribution >= 4 is 29.6 Å². The third-order valence-electron chi connectivity index (χ3n) is 6.83. The van der Waals surface area contributed by atoms with Crippen molar-refractivity contribution in [2.75, 3.05) is 18.6 Å². The second-order valence-corrected chi connectivity index (χ2v) is 10.0. The van der Waals surface area contributed by atoms with Gasteiger partial charge in [-0.2, -0.15) is 0 Å². The highest BCUT2D eigenvalue weighted by atomic mass is 19.1. The molecule has 3 heterocycles. The zero-order valence-electron chi connectivity index (χ0n) is 20.4. The number of fused-ring (bicyclic) bond motifs is 3. The van der Waals surface area contributed by atoms with Gasteiger partial charge >= 0.3 is 12.1 Å². The second kappa shape index (κ2) is 8.12. The summed E-state index contributed by atoms with van der Waals surface area (Å²) in [5, 5.41) is 2.93. The zero-order valence-corrected chi connectivity index (χ0v) is 20.4. The van der Waals surface area contributed by atoms with Crippen LogP contribution in [0.5, 0.6) is 0 Å². The fraction of sp³-hybridized carbons (Fsp3) is 0.385. The van der Waals surface area contributed by atoms with E-state index in [2.05, 4.69) is 0 Å². The van der Waals surface area contributed by atoms with Crippen molar-refractivity contribution < 1.29 is 33.0 Å². The van der Waals surface area contributed by atoms with Gasteiger partial charge in [-0.1, -0.05) is 30.3 Å². The van der Waals surface area contributed by atoms with E-state index in [9.17, 15) is 23.6 Å². The minimum Gasteiger partial charge on any atom is -0.467 e. The summed E-state index contributed by atoms with van der Waals surface area (Å²) in [7, 11) is 1.18. The number of imide groups is 1. The Balaban J connectivity index is 1.80. The number of amides is 3. The molecule has 3 amide bonds. The summed E-state index contributed by atoms with van der Waals surface area (Å²) in [6.45, 7) is 5.28. The maximum absolute atomic E-state index is 14.5. The molecule has 2 saturated heterocycles. The van der Waals surface area contributed by atoms with E-state index in [0.717, 1.165) is 4.90 Å². The van der Waals surface area contributed by atoms with Crippen molar-refractivity contribution in [2.24, 2.45) is 0 Å². The molecular formula is C26H26FN3O6. The number of hydrogen-bond acceptors (Lipinski definition) is 7. The Morgan fingerprint density at radius 1 is 1.06 bits per heavy atom. The van der Waals surface area contributed by atoms with Crippen molar-refractivity contribution in [1.29, 1.82) is 0 Å². The van der Waals surface area contributed by atoms with E-state index in [1.807, 2.05) is 0 Å². The van der Waals surface area contributed by atoms with Crippen LogP contribution in [0.3, 0.4) is 0 Å². The predicted octanol–water partition coefficient (Wildman–Crippen LogP) is 3.09. The molecule has 188 valence electrons. The summed E-state index contributed by atoms with van der Waals surface area (Å²) in [5.74, 6) is -2.34. The highest BCUT2D eigenvalue weighted by molar-refractivity contribution is 6.23. The maximum Gasteiger partial charge on any atom is 0.421 e. The Morgan fingerprint density at radius 3 is 2.36 bits per heavy atom. The van der Waals surface area contributed by atoms with Gasteiger partial charge in [0.2, 0.25) is 5.91 Å². The molecule has 9 nitrogen and oxygen atoms in total. The molecule has 3 aliphatic rings. The van der Waals surface area contributed by atoms with Gasteiger partial charge in [0.25, 0.3) is 5.91 Å². The van der Waals surface area contributed by atoms with E-state index < -0.39 is 46.9 Å². The minimum atomic E-state index is -1.74. The molecule has 2 aromatic carbocycles. The van der Waals surface area contributed by atoms with Gasteiger partial charge in [0.05, 0.1) is 18.8 Å². The predicted molar refractivity (Wildman–Crippen MR) is 125 cm³/mol. The quantitative estimate of drug-likeness (QED) is 0.591. The monoisotopic (exact) mass is 495 g/mol. The first kappa shape index (κ1) is 23.9. The average Bonchev–Trinajstić information content (AvgIpc) is 3.42. The number of hydrazine groups is 1. The fourth-order valence-electron chi connectivity index (χ4n) is 5.62. The lowest BCUT2D eigenvalue weighted by atomic mass is 9.68. The number of hydrogen-bond donors (Lipinski definition) is 0. The maximum atomic E-state index is 14.5. The van der Waals surface area contributed by atoms with Crippen LogP contribution >= 0.6 is 0 Å². The van der Waals surface area contributed by atoms with Crippen LogP contribution in [0, 0.1) is 5.82 Å². The SMILES string of the molecule is COC(=O)[C@H]1N2C(=O)CCN2[C@@H](c2ccc(F)cc2)C12C(=O)N(C(=O)OC(C)(C)C)c1ccccc12. The van der Waals surface area contributed by atoms with E-state index in [-0.39, 0.29) is 24.6 Å². The zero-order chi connectivity index (χ0) is 26.0. The lowest BCUT2D eigenvalue weighted by Gasteiger charge is -2.34. The second-order valence-electron chi connectivity index (χ2n) is 10.0. The van der Waals surface area contributed by atoms with Gasteiger partial charge in [-0.15, -0.1) is 0 Å². The molecule has 0 saturated carbocycles. The number of carbonyl (C=O) groups excluding carboxylic acids is 4. The largest absolute Gasteiger partial charge is 0.467 e. The van der Waals surface area contributed by atoms with E-state index in [4.69, 9.17) is 9.47 Å². The van der Waals surface area contributed by atoms with E-state index in [1.54, 1.807) is 50.0 Å². The smallest absolute Gasteiger partial charge is 0.421 e. The van der Waals surface area contributed by atoms with Crippen LogP contribution in [0.1, 0.15) is 44.4 Å². The number of carbonyl (C=O) groups is 4. The molecule has 3 atom stereocenters. The van der Waals surface area contributed by atoms with Crippen molar-refractivity contribution in [3.05, 3.63) is 65.5 Å². The van der Waals surface area contributed by atoms with Crippen LogP contribution in [-0.2, 0) is 29.3 Å². The number of para-hydroxylation sites is 1. The molecule has 36 heavy (non-hydrogen) atoms. The van der Waals surface area contributed by atoms with Gasteiger partial charge in [-0.25, -0.2) is 23.9 Å². The normalized spacial score (nSPS) is 25.4. The topological polar surface area (TPSA) is 96.5 Å². The molecule has 0 N–H and O–H groups in total. The molecule has 0 aromatic heterocycles. The minimum absolute atomic E-state index is 0.132. The van der Waals surface area contributed by atoms with Gasteiger partial charge in [0, 0.05) is 13.0 Å². The third-order valence-corrected chi connectivity index (χ3v) is 6.83. The van der Waals surface area contributed by atoms with Crippen molar-refractivity contribution in [3.8, 4) is 0 Å². The summed E-state index contributed by atoms with van der Waals surface area (Å²) < 4.78 is 24.6. The number of nitrogens with zero attached hydrogens (tertiary/aromatic N) is 3. The molecular weight excluding hydrogens is 469 g/mol. The number of halogens is 1. The summed E-state index contributed by atoms with van der Waals surface area (Å²) in [6.07, 6.45) is -0.765. The van der Waals surface area contributed by atoms with E-state index >= 15 is 0 Å². The molecule has 1 spiro atoms. The first-order valence-corrected chi connectivity index (χ1v) is 11.6. The van der Waals surface area contributed by atoms with Crippen LogP contribution in [0.4, 0.5) is 14.9 Å². The number of anilines is 1. The molecule has 1 unspecified atom stereocenters. The average molecular weight is 496 g/mol. The number of methoxy groups -OCH3 is 1. The third kappa shape index (κ3) is 3.24. The van der Waals surface area contributed by atoms with Gasteiger partial charge in [-0.05, 0) is 50.1 Å². The van der Waals surface area contributed by atoms with E-state index in [1.165, 1.54) is 36.4 Å². The molecule has 2 fully saturated rings. The lowest BCUT2D eigenvalue weighted by molar-refractivity contribution is -0.158. The van der Waals surface area contributed by atoms with Crippen molar-refractivity contribution in [3.63, 3.8) is 0 Å². The Kier molecular flexibility index (Phi) is 5.40. The number of rotatable bonds is 2. The first-order chi connectivity index (χ1) is 17.0. The summed E-state index contributed by atoms with van der Waals surface area (Å²) in [5.41, 5.74) is -1.49. The Bertz CT molecular complexity index is 1270. The van der Waals surface area contributed by atoms with Crippen LogP contribution in [0.25, 0.3) is 0 Å². The molecule has 2 aromatic rings. The van der Waals surface area contributed by atoms with Crippen molar-refractivity contribution in [2.45, 2.75) is 50.3 Å². The highest BCUT2D eigenvalue weighted by Crippen LogP contribution is 2.60.